The molecule has 1 saturated carbocycles. The average molecular weight is 594 g/mol. The van der Waals surface area contributed by atoms with Crippen molar-refractivity contribution in [2.45, 2.75) is 111 Å². The number of halogens is 6. The summed E-state index contributed by atoms with van der Waals surface area (Å²) >= 11 is 41.2. The van der Waals surface area contributed by atoms with Crippen LogP contribution < -0.4 is 5.32 Å². The first kappa shape index (κ1) is 30.9. The summed E-state index contributed by atoms with van der Waals surface area (Å²) in [7, 11) is 0. The van der Waals surface area contributed by atoms with Gasteiger partial charge in [0.05, 0.1) is 10.1 Å². The maximum atomic E-state index is 11.7. The largest absolute Gasteiger partial charge is 0.353 e. The average Bonchev–Trinajstić information content (AvgIpc) is 3.00. The Morgan fingerprint density at radius 3 is 1.74 bits per heavy atom. The first-order chi connectivity index (χ1) is 16.1. The van der Waals surface area contributed by atoms with Gasteiger partial charge < -0.3 is 5.32 Å². The number of nitrogens with one attached hydrogen (secondary N) is 1. The van der Waals surface area contributed by atoms with Gasteiger partial charge in [0.2, 0.25) is 5.91 Å². The molecule has 0 saturated heterocycles. The third kappa shape index (κ3) is 6.21. The molecule has 2 aliphatic carbocycles. The second-order valence-electron chi connectivity index (χ2n) is 9.79. The number of alkyl halides is 4. The van der Waals surface area contributed by atoms with E-state index in [1.54, 1.807) is 6.08 Å². The van der Waals surface area contributed by atoms with Crippen LogP contribution in [0.4, 0.5) is 0 Å². The van der Waals surface area contributed by atoms with E-state index in [0.29, 0.717) is 23.0 Å². The van der Waals surface area contributed by atoms with Gasteiger partial charge in [-0.1, -0.05) is 124 Å². The maximum Gasteiger partial charge on any atom is 0.220 e. The Balaban J connectivity index is 1.92. The van der Waals surface area contributed by atoms with Gasteiger partial charge >= 0.3 is 0 Å². The van der Waals surface area contributed by atoms with Crippen molar-refractivity contribution < 1.29 is 4.79 Å². The van der Waals surface area contributed by atoms with Gasteiger partial charge in [0.15, 0.2) is 4.33 Å². The number of hydrogen-bond acceptors (Lipinski definition) is 1. The standard InChI is InChI=1S/C26H39Cl6NO/c1-3-5-6-7-9-12-15-19-20(16-13-10-8-11-14-17-21(34)33-18-4-2)25(30)23(28)22(27)24(19,29)26(25,31)32/h4,19-20H,2-3,5-18H2,1H3,(H,33,34)/t19-,20-,24+,25+/m1/s1. The predicted octanol–water partition coefficient (Wildman–Crippen LogP) is 9.85. The summed E-state index contributed by atoms with van der Waals surface area (Å²) in [4.78, 5) is 9.37. The van der Waals surface area contributed by atoms with Gasteiger partial charge in [0.1, 0.15) is 9.75 Å². The SMILES string of the molecule is C=CCNC(=O)CCCCCCC[C@@H]1[C@@H](CCCCCCCC)[C@]2(Cl)C(Cl)=C(Cl)[C@]1(Cl)C2(Cl)Cl. The van der Waals surface area contributed by atoms with Crippen molar-refractivity contribution in [2.75, 3.05) is 6.54 Å². The van der Waals surface area contributed by atoms with Gasteiger partial charge in [-0.3, -0.25) is 4.79 Å². The van der Waals surface area contributed by atoms with Crippen molar-refractivity contribution in [3.63, 3.8) is 0 Å². The molecule has 1 N–H and O–H groups in total. The Hall–Kier alpha value is 0.690. The molecule has 0 heterocycles. The zero-order valence-corrected chi connectivity index (χ0v) is 24.8. The fourth-order valence-corrected chi connectivity index (χ4v) is 8.75. The Kier molecular flexibility index (Phi) is 12.7. The molecule has 196 valence electrons. The van der Waals surface area contributed by atoms with E-state index >= 15 is 0 Å². The van der Waals surface area contributed by atoms with Gasteiger partial charge in [-0.15, -0.1) is 29.8 Å². The lowest BCUT2D eigenvalue weighted by Crippen LogP contribution is -2.44. The Labute approximate surface area is 236 Å². The molecular formula is C26H39Cl6NO. The molecule has 0 aliphatic heterocycles. The summed E-state index contributed by atoms with van der Waals surface area (Å²) in [6.45, 7) is 6.34. The molecule has 2 bridgehead atoms. The van der Waals surface area contributed by atoms with Crippen LogP contribution in [0.2, 0.25) is 0 Å². The zero-order valence-electron chi connectivity index (χ0n) is 20.2. The third-order valence-corrected chi connectivity index (χ3v) is 11.8. The van der Waals surface area contributed by atoms with Crippen molar-refractivity contribution in [3.8, 4) is 0 Å². The van der Waals surface area contributed by atoms with Gasteiger partial charge in [0, 0.05) is 13.0 Å². The molecule has 2 aliphatic rings. The quantitative estimate of drug-likeness (QED) is 0.101. The minimum Gasteiger partial charge on any atom is -0.353 e. The third-order valence-electron chi connectivity index (χ3n) is 7.48. The van der Waals surface area contributed by atoms with Crippen LogP contribution in [-0.4, -0.2) is 26.5 Å². The molecule has 0 aromatic heterocycles. The lowest BCUT2D eigenvalue weighted by molar-refractivity contribution is -0.121. The molecule has 0 spiro atoms. The molecule has 0 radical (unpaired) electrons. The number of carbonyl (C=O) groups is 1. The molecule has 8 heteroatoms. The number of carbonyl (C=O) groups excluding carboxylic acids is 1. The van der Waals surface area contributed by atoms with E-state index in [9.17, 15) is 4.79 Å². The van der Waals surface area contributed by atoms with Crippen LogP contribution in [0.15, 0.2) is 22.7 Å². The van der Waals surface area contributed by atoms with E-state index in [1.165, 1.54) is 25.7 Å². The zero-order chi connectivity index (χ0) is 25.4. The fraction of sp³-hybridized carbons (Fsp3) is 0.808. The number of amides is 1. The van der Waals surface area contributed by atoms with E-state index in [4.69, 9.17) is 69.6 Å². The maximum absolute atomic E-state index is 11.7. The van der Waals surface area contributed by atoms with E-state index in [1.807, 2.05) is 0 Å². The minimum atomic E-state index is -1.45. The van der Waals surface area contributed by atoms with E-state index < -0.39 is 14.1 Å². The topological polar surface area (TPSA) is 29.1 Å². The summed E-state index contributed by atoms with van der Waals surface area (Å²) in [5.74, 6) is 0.0307. The van der Waals surface area contributed by atoms with Crippen LogP contribution in [0.25, 0.3) is 0 Å². The molecule has 1 fully saturated rings. The van der Waals surface area contributed by atoms with Crippen LogP contribution in [0.5, 0.6) is 0 Å². The normalized spacial score (nSPS) is 29.6. The monoisotopic (exact) mass is 591 g/mol. The summed E-state index contributed by atoms with van der Waals surface area (Å²) in [6.07, 6.45) is 16.1. The Morgan fingerprint density at radius 1 is 0.824 bits per heavy atom. The Bertz CT molecular complexity index is 726. The highest BCUT2D eigenvalue weighted by atomic mass is 35.5. The molecule has 2 rings (SSSR count). The van der Waals surface area contributed by atoms with Gasteiger partial charge in [-0.05, 0) is 31.1 Å². The van der Waals surface area contributed by atoms with Crippen molar-refractivity contribution in [2.24, 2.45) is 11.8 Å². The van der Waals surface area contributed by atoms with Crippen LogP contribution in [0, 0.1) is 11.8 Å². The second-order valence-corrected chi connectivity index (χ2v) is 13.1. The van der Waals surface area contributed by atoms with Crippen LogP contribution >= 0.6 is 69.6 Å². The van der Waals surface area contributed by atoms with Crippen molar-refractivity contribution in [1.82, 2.24) is 5.32 Å². The molecule has 1 amide bonds. The number of fused-ring (bicyclic) bond motifs is 2. The van der Waals surface area contributed by atoms with Crippen LogP contribution in [-0.2, 0) is 4.79 Å². The molecule has 0 aromatic carbocycles. The fourth-order valence-electron chi connectivity index (χ4n) is 5.60. The van der Waals surface area contributed by atoms with Crippen LogP contribution in [0.3, 0.4) is 0 Å². The first-order valence-corrected chi connectivity index (χ1v) is 15.1. The van der Waals surface area contributed by atoms with Crippen molar-refractivity contribution in [1.29, 1.82) is 0 Å². The number of allylic oxidation sites excluding steroid dienone is 2. The lowest BCUT2D eigenvalue weighted by Gasteiger charge is -2.37. The molecule has 4 atom stereocenters. The van der Waals surface area contributed by atoms with E-state index in [0.717, 1.165) is 57.8 Å². The number of unbranched alkanes of at least 4 members (excludes halogenated alkanes) is 9. The van der Waals surface area contributed by atoms with Gasteiger partial charge in [-0.2, -0.15) is 0 Å². The summed E-state index contributed by atoms with van der Waals surface area (Å²) in [5, 5.41) is 3.44. The lowest BCUT2D eigenvalue weighted by atomic mass is 9.76. The minimum absolute atomic E-state index is 0.0172. The van der Waals surface area contributed by atoms with Crippen molar-refractivity contribution >= 4 is 75.5 Å². The second kappa shape index (κ2) is 14.0. The predicted molar refractivity (Wildman–Crippen MR) is 151 cm³/mol. The summed E-state index contributed by atoms with van der Waals surface area (Å²) in [5.41, 5.74) is 0. The van der Waals surface area contributed by atoms with Crippen molar-refractivity contribution in [3.05, 3.63) is 22.7 Å². The number of hydrogen-bond donors (Lipinski definition) is 1. The van der Waals surface area contributed by atoms with Gasteiger partial charge in [0.25, 0.3) is 0 Å². The highest BCUT2D eigenvalue weighted by Gasteiger charge is 2.81. The highest BCUT2D eigenvalue weighted by molar-refractivity contribution is 6.65. The van der Waals surface area contributed by atoms with E-state index in [-0.39, 0.29) is 17.7 Å². The highest BCUT2D eigenvalue weighted by Crippen LogP contribution is 2.77. The van der Waals surface area contributed by atoms with Crippen LogP contribution in [0.1, 0.15) is 96.8 Å². The summed E-state index contributed by atoms with van der Waals surface area (Å²) < 4.78 is -1.45. The first-order valence-electron chi connectivity index (χ1n) is 12.8. The molecular weight excluding hydrogens is 555 g/mol. The van der Waals surface area contributed by atoms with Gasteiger partial charge in [-0.25, -0.2) is 0 Å². The molecule has 0 aromatic rings. The number of rotatable bonds is 17. The Morgan fingerprint density at radius 2 is 1.26 bits per heavy atom. The van der Waals surface area contributed by atoms with E-state index in [2.05, 4.69) is 18.8 Å². The molecule has 2 nitrogen and oxygen atoms in total. The summed E-state index contributed by atoms with van der Waals surface area (Å²) in [6, 6.07) is 0. The molecule has 34 heavy (non-hydrogen) atoms. The smallest absolute Gasteiger partial charge is 0.220 e. The molecule has 0 unspecified atom stereocenters.